The van der Waals surface area contributed by atoms with Crippen molar-refractivity contribution < 1.29 is 9.18 Å². The van der Waals surface area contributed by atoms with Gasteiger partial charge in [0.2, 0.25) is 0 Å². The Morgan fingerprint density at radius 2 is 2.19 bits per heavy atom. The number of carbonyl (C=O) groups is 1. The van der Waals surface area contributed by atoms with Gasteiger partial charge in [0.25, 0.3) is 5.91 Å². The Balaban J connectivity index is 1.42. The van der Waals surface area contributed by atoms with Crippen LogP contribution in [0.4, 0.5) is 4.39 Å². The molecule has 3 heterocycles. The van der Waals surface area contributed by atoms with Gasteiger partial charge in [-0.2, -0.15) is 5.10 Å². The summed E-state index contributed by atoms with van der Waals surface area (Å²) in [5, 5.41) is 7.34. The quantitative estimate of drug-likeness (QED) is 0.781. The largest absolute Gasteiger partial charge is 0.348 e. The summed E-state index contributed by atoms with van der Waals surface area (Å²) in [5.74, 6) is -0.288. The van der Waals surface area contributed by atoms with Crippen LogP contribution in [0.15, 0.2) is 42.9 Å². The van der Waals surface area contributed by atoms with Gasteiger partial charge in [0, 0.05) is 44.1 Å². The van der Waals surface area contributed by atoms with Crippen LogP contribution in [-0.4, -0.2) is 44.1 Å². The molecule has 4 rings (SSSR count). The van der Waals surface area contributed by atoms with Crippen LogP contribution in [0.5, 0.6) is 0 Å². The number of benzene rings is 1. The first-order chi connectivity index (χ1) is 12.6. The zero-order chi connectivity index (χ0) is 18.1. The molecule has 1 fully saturated rings. The lowest BCUT2D eigenvalue weighted by atomic mass is 10.0. The van der Waals surface area contributed by atoms with Crippen LogP contribution in [0, 0.1) is 5.82 Å². The van der Waals surface area contributed by atoms with Gasteiger partial charge < -0.3 is 9.88 Å². The van der Waals surface area contributed by atoms with E-state index in [1.807, 2.05) is 36.1 Å². The van der Waals surface area contributed by atoms with Gasteiger partial charge in [-0.3, -0.25) is 9.69 Å². The highest BCUT2D eigenvalue weighted by Crippen LogP contribution is 2.17. The van der Waals surface area contributed by atoms with E-state index in [9.17, 15) is 9.18 Å². The lowest BCUT2D eigenvalue weighted by Gasteiger charge is -2.33. The highest BCUT2D eigenvalue weighted by molar-refractivity contribution is 6.00. The van der Waals surface area contributed by atoms with Crippen molar-refractivity contribution in [2.75, 3.05) is 13.1 Å². The van der Waals surface area contributed by atoms with E-state index in [-0.39, 0.29) is 17.8 Å². The number of carbonyl (C=O) groups excluding carboxylic acids is 1. The maximum Gasteiger partial charge on any atom is 0.256 e. The molecule has 3 aromatic rings. The monoisotopic (exact) mass is 355 g/mol. The van der Waals surface area contributed by atoms with Crippen LogP contribution in [0.3, 0.4) is 0 Å². The minimum Gasteiger partial charge on any atom is -0.348 e. The highest BCUT2D eigenvalue weighted by atomic mass is 19.1. The van der Waals surface area contributed by atoms with E-state index in [4.69, 9.17) is 0 Å². The number of piperidine rings is 1. The molecule has 1 saturated heterocycles. The van der Waals surface area contributed by atoms with Gasteiger partial charge in [-0.05, 0) is 25.5 Å². The zero-order valence-corrected chi connectivity index (χ0v) is 14.7. The summed E-state index contributed by atoms with van der Waals surface area (Å²) in [4.78, 5) is 14.9. The number of nitrogens with one attached hydrogen (secondary N) is 1. The molecule has 1 aliphatic rings. The number of hydrogen-bond donors (Lipinski definition) is 1. The Kier molecular flexibility index (Phi) is 4.46. The summed E-state index contributed by atoms with van der Waals surface area (Å²) >= 11 is 0. The molecule has 7 heteroatoms. The molecule has 0 aliphatic carbocycles. The molecule has 1 amide bonds. The number of hydrogen-bond acceptors (Lipinski definition) is 3. The standard InChI is InChI=1S/C19H22FN5O/c1-23-9-10-25-19(23)16(11-21-25)18(26)22-15-6-4-8-24(13-15)12-14-5-2-3-7-17(14)20/h2-3,5,7,9-11,15H,4,6,8,12-13H2,1H3,(H,22,26). The molecule has 1 aromatic carbocycles. The SMILES string of the molecule is Cn1ccn2ncc(C(=O)NC3CCCN(Cc4ccccc4F)C3)c12. The smallest absolute Gasteiger partial charge is 0.256 e. The summed E-state index contributed by atoms with van der Waals surface area (Å²) in [6, 6.07) is 6.92. The predicted octanol–water partition coefficient (Wildman–Crippen LogP) is 2.21. The van der Waals surface area contributed by atoms with Gasteiger partial charge in [-0.1, -0.05) is 18.2 Å². The van der Waals surface area contributed by atoms with Gasteiger partial charge >= 0.3 is 0 Å². The van der Waals surface area contributed by atoms with Crippen molar-refractivity contribution in [1.29, 1.82) is 0 Å². The molecule has 6 nitrogen and oxygen atoms in total. The summed E-state index contributed by atoms with van der Waals surface area (Å²) in [7, 11) is 1.89. The maximum atomic E-state index is 13.9. The number of halogens is 1. The Labute approximate surface area is 151 Å². The van der Waals surface area contributed by atoms with Crippen molar-refractivity contribution in [3.8, 4) is 0 Å². The lowest BCUT2D eigenvalue weighted by Crippen LogP contribution is -2.47. The normalized spacial score (nSPS) is 18.3. The maximum absolute atomic E-state index is 13.9. The third-order valence-electron chi connectivity index (χ3n) is 4.97. The van der Waals surface area contributed by atoms with Crippen molar-refractivity contribution in [1.82, 2.24) is 24.4 Å². The zero-order valence-electron chi connectivity index (χ0n) is 14.7. The van der Waals surface area contributed by atoms with Gasteiger partial charge in [-0.25, -0.2) is 8.91 Å². The van der Waals surface area contributed by atoms with Crippen molar-refractivity contribution in [3.05, 3.63) is 59.8 Å². The van der Waals surface area contributed by atoms with Gasteiger partial charge in [0.05, 0.1) is 6.20 Å². The van der Waals surface area contributed by atoms with E-state index < -0.39 is 0 Å². The molecule has 0 bridgehead atoms. The van der Waals surface area contributed by atoms with Crippen LogP contribution >= 0.6 is 0 Å². The fourth-order valence-electron chi connectivity index (χ4n) is 3.66. The second kappa shape index (κ2) is 6.92. The summed E-state index contributed by atoms with van der Waals surface area (Å²) in [6.45, 7) is 2.20. The van der Waals surface area contributed by atoms with Crippen LogP contribution in [0.1, 0.15) is 28.8 Å². The van der Waals surface area contributed by atoms with Crippen LogP contribution in [0.25, 0.3) is 5.65 Å². The molecule has 26 heavy (non-hydrogen) atoms. The molecule has 0 spiro atoms. The minimum atomic E-state index is -0.176. The predicted molar refractivity (Wildman–Crippen MR) is 96.3 cm³/mol. The van der Waals surface area contributed by atoms with Crippen LogP contribution < -0.4 is 5.32 Å². The van der Waals surface area contributed by atoms with E-state index in [0.29, 0.717) is 17.7 Å². The van der Waals surface area contributed by atoms with Crippen molar-refractivity contribution >= 4 is 11.6 Å². The summed E-state index contributed by atoms with van der Waals surface area (Å²) in [5.41, 5.74) is 2.05. The van der Waals surface area contributed by atoms with Crippen molar-refractivity contribution in [2.45, 2.75) is 25.4 Å². The minimum absolute atomic E-state index is 0.0539. The van der Waals surface area contributed by atoms with Crippen LogP contribution in [-0.2, 0) is 13.6 Å². The molecular formula is C19H22FN5O. The average Bonchev–Trinajstić information content (AvgIpc) is 3.21. The Bertz CT molecular complexity index is 931. The van der Waals surface area contributed by atoms with Gasteiger partial charge in [0.15, 0.2) is 0 Å². The fourth-order valence-corrected chi connectivity index (χ4v) is 3.66. The molecule has 136 valence electrons. The Morgan fingerprint density at radius 1 is 1.35 bits per heavy atom. The lowest BCUT2D eigenvalue weighted by molar-refractivity contribution is 0.0901. The van der Waals surface area contributed by atoms with E-state index in [0.717, 1.165) is 31.6 Å². The number of rotatable bonds is 4. The fraction of sp³-hybridized carbons (Fsp3) is 0.368. The van der Waals surface area contributed by atoms with Crippen molar-refractivity contribution in [3.63, 3.8) is 0 Å². The average molecular weight is 355 g/mol. The summed E-state index contributed by atoms with van der Waals surface area (Å²) in [6.07, 6.45) is 7.20. The first-order valence-electron chi connectivity index (χ1n) is 8.87. The number of aromatic nitrogens is 3. The van der Waals surface area contributed by atoms with Gasteiger partial charge in [0.1, 0.15) is 17.0 Å². The number of fused-ring (bicyclic) bond motifs is 1. The van der Waals surface area contributed by atoms with Crippen molar-refractivity contribution in [2.24, 2.45) is 7.05 Å². The summed E-state index contributed by atoms with van der Waals surface area (Å²) < 4.78 is 17.5. The molecule has 2 aromatic heterocycles. The Hall–Kier alpha value is -2.67. The van der Waals surface area contributed by atoms with E-state index in [1.165, 1.54) is 6.07 Å². The third-order valence-corrected chi connectivity index (χ3v) is 4.97. The van der Waals surface area contributed by atoms with Crippen LogP contribution in [0.2, 0.25) is 0 Å². The highest BCUT2D eigenvalue weighted by Gasteiger charge is 2.24. The molecule has 1 atom stereocenters. The number of nitrogens with zero attached hydrogens (tertiary/aromatic N) is 4. The Morgan fingerprint density at radius 3 is 3.04 bits per heavy atom. The molecule has 1 N–H and O–H groups in total. The number of aryl methyl sites for hydroxylation is 1. The topological polar surface area (TPSA) is 54.6 Å². The number of amides is 1. The third kappa shape index (κ3) is 3.22. The van der Waals surface area contributed by atoms with Gasteiger partial charge in [-0.15, -0.1) is 0 Å². The molecule has 0 saturated carbocycles. The van der Waals surface area contributed by atoms with E-state index >= 15 is 0 Å². The molecule has 1 unspecified atom stereocenters. The number of likely N-dealkylation sites (tertiary alicyclic amines) is 1. The first-order valence-corrected chi connectivity index (χ1v) is 8.87. The molecule has 1 aliphatic heterocycles. The molecular weight excluding hydrogens is 333 g/mol. The molecule has 0 radical (unpaired) electrons. The number of imidazole rings is 1. The van der Waals surface area contributed by atoms with E-state index in [2.05, 4.69) is 15.3 Å². The first kappa shape index (κ1) is 16.8. The van der Waals surface area contributed by atoms with E-state index in [1.54, 1.807) is 16.8 Å². The second-order valence-electron chi connectivity index (χ2n) is 6.87. The second-order valence-corrected chi connectivity index (χ2v) is 6.87.